The summed E-state index contributed by atoms with van der Waals surface area (Å²) >= 11 is 0. The molecule has 160 valence electrons. The molecule has 0 bridgehead atoms. The van der Waals surface area contributed by atoms with Gasteiger partial charge in [-0.2, -0.15) is 13.2 Å². The monoisotopic (exact) mass is 421 g/mol. The smallest absolute Gasteiger partial charge is 0.422 e. The number of ether oxygens (including phenoxy) is 1. The lowest BCUT2D eigenvalue weighted by Gasteiger charge is -2.29. The molecular weight excluding hydrogens is 399 g/mol. The van der Waals surface area contributed by atoms with Crippen molar-refractivity contribution in [2.45, 2.75) is 32.0 Å². The maximum absolute atomic E-state index is 12.4. The number of nitrogens with one attached hydrogen (secondary N) is 1. The van der Waals surface area contributed by atoms with Crippen molar-refractivity contribution in [3.05, 3.63) is 59.3 Å². The third-order valence-corrected chi connectivity index (χ3v) is 4.72. The number of carbonyl (C=O) groups is 2. The summed E-state index contributed by atoms with van der Waals surface area (Å²) in [5, 5.41) is 2.60. The molecule has 1 aromatic heterocycles. The Morgan fingerprint density at radius 2 is 1.90 bits per heavy atom. The van der Waals surface area contributed by atoms with Crippen molar-refractivity contribution in [1.29, 1.82) is 0 Å². The summed E-state index contributed by atoms with van der Waals surface area (Å²) in [6.45, 7) is -0.0743. The highest BCUT2D eigenvalue weighted by Crippen LogP contribution is 2.21. The SMILES string of the molecule is O=C(NCCCC(=O)N1CCc2ccccc2C1)c1cccnc1OCC(F)(F)F. The number of fused-ring (bicyclic) bond motifs is 1. The van der Waals surface area contributed by atoms with Crippen LogP contribution in [0.3, 0.4) is 0 Å². The fourth-order valence-electron chi connectivity index (χ4n) is 3.23. The summed E-state index contributed by atoms with van der Waals surface area (Å²) in [6, 6.07) is 10.8. The van der Waals surface area contributed by atoms with Gasteiger partial charge >= 0.3 is 6.18 Å². The molecule has 30 heavy (non-hydrogen) atoms. The van der Waals surface area contributed by atoms with E-state index in [-0.39, 0.29) is 30.3 Å². The van der Waals surface area contributed by atoms with E-state index in [4.69, 9.17) is 0 Å². The minimum Gasteiger partial charge on any atom is -0.467 e. The molecule has 1 N–H and O–H groups in total. The van der Waals surface area contributed by atoms with Crippen LogP contribution in [0.25, 0.3) is 0 Å². The molecule has 0 saturated carbocycles. The van der Waals surface area contributed by atoms with Gasteiger partial charge < -0.3 is 15.0 Å². The number of carbonyl (C=O) groups excluding carboxylic acids is 2. The van der Waals surface area contributed by atoms with Gasteiger partial charge in [-0.1, -0.05) is 24.3 Å². The number of aromatic nitrogens is 1. The van der Waals surface area contributed by atoms with Gasteiger partial charge in [0.2, 0.25) is 11.8 Å². The Morgan fingerprint density at radius 3 is 2.67 bits per heavy atom. The van der Waals surface area contributed by atoms with Gasteiger partial charge in [0.05, 0.1) is 0 Å². The number of benzene rings is 1. The summed E-state index contributed by atoms with van der Waals surface area (Å²) in [7, 11) is 0. The first-order valence-electron chi connectivity index (χ1n) is 9.61. The lowest BCUT2D eigenvalue weighted by atomic mass is 9.99. The third-order valence-electron chi connectivity index (χ3n) is 4.72. The van der Waals surface area contributed by atoms with E-state index in [0.29, 0.717) is 19.5 Å². The number of amides is 2. The molecule has 9 heteroatoms. The molecule has 2 amide bonds. The van der Waals surface area contributed by atoms with Gasteiger partial charge in [0, 0.05) is 32.3 Å². The van der Waals surface area contributed by atoms with Gasteiger partial charge in [0.1, 0.15) is 5.56 Å². The van der Waals surface area contributed by atoms with Gasteiger partial charge in [0.25, 0.3) is 5.91 Å². The number of hydrogen-bond acceptors (Lipinski definition) is 4. The molecule has 1 aromatic carbocycles. The summed E-state index contributed by atoms with van der Waals surface area (Å²) in [5.41, 5.74) is 2.32. The molecule has 0 saturated heterocycles. The first-order valence-corrected chi connectivity index (χ1v) is 9.61. The van der Waals surface area contributed by atoms with Crippen LogP contribution in [0.4, 0.5) is 13.2 Å². The summed E-state index contributed by atoms with van der Waals surface area (Å²) in [4.78, 5) is 30.2. The zero-order valence-electron chi connectivity index (χ0n) is 16.2. The van der Waals surface area contributed by atoms with E-state index < -0.39 is 18.7 Å². The molecule has 0 unspecified atom stereocenters. The number of hydrogen-bond donors (Lipinski definition) is 1. The largest absolute Gasteiger partial charge is 0.467 e. The second-order valence-electron chi connectivity index (χ2n) is 6.95. The minimum atomic E-state index is -4.53. The Kier molecular flexibility index (Phi) is 6.91. The molecule has 2 heterocycles. The Morgan fingerprint density at radius 1 is 1.13 bits per heavy atom. The molecule has 0 radical (unpaired) electrons. The fourth-order valence-corrected chi connectivity index (χ4v) is 3.23. The van der Waals surface area contributed by atoms with Gasteiger partial charge in [0.15, 0.2) is 6.61 Å². The van der Waals surface area contributed by atoms with E-state index in [0.717, 1.165) is 12.0 Å². The third kappa shape index (κ3) is 5.95. The molecule has 0 aliphatic carbocycles. The fraction of sp³-hybridized carbons (Fsp3) is 0.381. The van der Waals surface area contributed by atoms with E-state index in [1.165, 1.54) is 23.9 Å². The maximum atomic E-state index is 12.4. The van der Waals surface area contributed by atoms with Crippen LogP contribution in [-0.2, 0) is 17.8 Å². The molecule has 1 aliphatic heterocycles. The molecule has 3 rings (SSSR count). The predicted molar refractivity (Wildman–Crippen MR) is 103 cm³/mol. The topological polar surface area (TPSA) is 71.5 Å². The van der Waals surface area contributed by atoms with Gasteiger partial charge in [-0.25, -0.2) is 4.98 Å². The van der Waals surface area contributed by atoms with Crippen LogP contribution in [0.5, 0.6) is 5.88 Å². The molecule has 0 atom stereocenters. The Balaban J connectivity index is 1.45. The van der Waals surface area contributed by atoms with Crippen LogP contribution < -0.4 is 10.1 Å². The van der Waals surface area contributed by atoms with Crippen LogP contribution in [0.1, 0.15) is 34.3 Å². The lowest BCUT2D eigenvalue weighted by molar-refractivity contribution is -0.154. The number of pyridine rings is 1. The highest BCUT2D eigenvalue weighted by atomic mass is 19.4. The van der Waals surface area contributed by atoms with E-state index >= 15 is 0 Å². The van der Waals surface area contributed by atoms with E-state index in [9.17, 15) is 22.8 Å². The van der Waals surface area contributed by atoms with Crippen molar-refractivity contribution < 1.29 is 27.5 Å². The number of halogens is 3. The van der Waals surface area contributed by atoms with Crippen LogP contribution in [0.2, 0.25) is 0 Å². The van der Waals surface area contributed by atoms with E-state index in [1.54, 1.807) is 4.90 Å². The number of rotatable bonds is 7. The van der Waals surface area contributed by atoms with Crippen molar-refractivity contribution in [3.63, 3.8) is 0 Å². The average molecular weight is 421 g/mol. The van der Waals surface area contributed by atoms with Crippen LogP contribution in [0, 0.1) is 0 Å². The first kappa shape index (κ1) is 21.6. The normalized spacial score (nSPS) is 13.5. The molecule has 1 aliphatic rings. The highest BCUT2D eigenvalue weighted by Gasteiger charge is 2.29. The van der Waals surface area contributed by atoms with E-state index in [1.807, 2.05) is 18.2 Å². The van der Waals surface area contributed by atoms with Gasteiger partial charge in [-0.05, 0) is 36.1 Å². The number of alkyl halides is 3. The van der Waals surface area contributed by atoms with Crippen molar-refractivity contribution >= 4 is 11.8 Å². The summed E-state index contributed by atoms with van der Waals surface area (Å²) in [6.07, 6.45) is -1.77. The molecular formula is C21H22F3N3O3. The van der Waals surface area contributed by atoms with Crippen LogP contribution in [0.15, 0.2) is 42.6 Å². The standard InChI is InChI=1S/C21H22F3N3O3/c22-21(23,24)14-30-20-17(7-3-11-26-20)19(29)25-10-4-8-18(28)27-12-9-15-5-1-2-6-16(15)13-27/h1-3,5-7,11H,4,8-10,12-14H2,(H,25,29). The zero-order valence-corrected chi connectivity index (χ0v) is 16.2. The van der Waals surface area contributed by atoms with Crippen molar-refractivity contribution in [2.24, 2.45) is 0 Å². The minimum absolute atomic E-state index is 0.00864. The van der Waals surface area contributed by atoms with E-state index in [2.05, 4.69) is 21.1 Å². The Bertz CT molecular complexity index is 902. The predicted octanol–water partition coefficient (Wildman–Crippen LogP) is 3.12. The molecule has 2 aromatic rings. The highest BCUT2D eigenvalue weighted by molar-refractivity contribution is 5.96. The molecule has 0 fully saturated rings. The van der Waals surface area contributed by atoms with Crippen LogP contribution in [-0.4, -0.2) is 47.6 Å². The van der Waals surface area contributed by atoms with Crippen molar-refractivity contribution in [1.82, 2.24) is 15.2 Å². The first-order chi connectivity index (χ1) is 14.3. The second-order valence-corrected chi connectivity index (χ2v) is 6.95. The van der Waals surface area contributed by atoms with Gasteiger partial charge in [-0.15, -0.1) is 0 Å². The summed E-state index contributed by atoms with van der Waals surface area (Å²) < 4.78 is 41.7. The number of nitrogens with zero attached hydrogens (tertiary/aromatic N) is 2. The molecule has 6 nitrogen and oxygen atoms in total. The van der Waals surface area contributed by atoms with Crippen LogP contribution >= 0.6 is 0 Å². The zero-order chi connectivity index (χ0) is 21.6. The summed E-state index contributed by atoms with van der Waals surface area (Å²) in [5.74, 6) is -0.968. The maximum Gasteiger partial charge on any atom is 0.422 e. The van der Waals surface area contributed by atoms with Crippen molar-refractivity contribution in [3.8, 4) is 5.88 Å². The average Bonchev–Trinajstić information content (AvgIpc) is 2.74. The van der Waals surface area contributed by atoms with Gasteiger partial charge in [-0.3, -0.25) is 9.59 Å². The Hall–Kier alpha value is -3.10. The quantitative estimate of drug-likeness (QED) is 0.698. The Labute approximate surface area is 172 Å². The second kappa shape index (κ2) is 9.60. The lowest BCUT2D eigenvalue weighted by Crippen LogP contribution is -2.36. The molecule has 0 spiro atoms. The van der Waals surface area contributed by atoms with Crippen molar-refractivity contribution in [2.75, 3.05) is 19.7 Å².